The molecule has 0 saturated carbocycles. The zero-order valence-corrected chi connectivity index (χ0v) is 16.9. The van der Waals surface area contributed by atoms with Gasteiger partial charge in [-0.15, -0.1) is 0 Å². The molecule has 0 atom stereocenters. The van der Waals surface area contributed by atoms with Crippen LogP contribution in [-0.2, 0) is 4.79 Å². The minimum Gasteiger partial charge on any atom is -0.302 e. The number of anilines is 1. The fourth-order valence-corrected chi connectivity index (χ4v) is 3.97. The third-order valence-electron chi connectivity index (χ3n) is 5.54. The monoisotopic (exact) mass is 404 g/mol. The van der Waals surface area contributed by atoms with E-state index in [9.17, 15) is 9.59 Å². The summed E-state index contributed by atoms with van der Waals surface area (Å²) in [5.41, 5.74) is 3.88. The van der Waals surface area contributed by atoms with Gasteiger partial charge in [-0.05, 0) is 22.9 Å². The number of aliphatic imine (C=N–C) groups is 1. The summed E-state index contributed by atoms with van der Waals surface area (Å²) in [6.45, 7) is -0.0182. The summed E-state index contributed by atoms with van der Waals surface area (Å²) in [5, 5.41) is 2.08. The number of hydrogen-bond acceptors (Lipinski definition) is 3. The third kappa shape index (κ3) is 3.64. The van der Waals surface area contributed by atoms with Crippen LogP contribution in [0.1, 0.15) is 21.5 Å². The lowest BCUT2D eigenvalue weighted by molar-refractivity contribution is -0.117. The highest BCUT2D eigenvalue weighted by Gasteiger charge is 2.26. The standard InChI is InChI=1S/C27H20N2O2/c30-25(22-15-14-19-8-4-5-11-21(19)16-22)18-29-24-13-7-6-12-23(24)27(28-17-26(29)31)20-9-2-1-3-10-20/h1-16H,17-18H2. The first kappa shape index (κ1) is 18.9. The van der Waals surface area contributed by atoms with E-state index in [0.29, 0.717) is 11.3 Å². The predicted molar refractivity (Wildman–Crippen MR) is 124 cm³/mol. The predicted octanol–water partition coefficient (Wildman–Crippen LogP) is 4.91. The minimum atomic E-state index is -0.187. The first-order valence-corrected chi connectivity index (χ1v) is 10.2. The maximum atomic E-state index is 13.1. The molecule has 31 heavy (non-hydrogen) atoms. The fraction of sp³-hybridized carbons (Fsp3) is 0.0741. The number of carbonyl (C=O) groups excluding carboxylic acids is 2. The molecular formula is C27H20N2O2. The molecule has 0 bridgehead atoms. The number of nitrogens with zero attached hydrogens (tertiary/aromatic N) is 2. The van der Waals surface area contributed by atoms with E-state index in [2.05, 4.69) is 4.99 Å². The van der Waals surface area contributed by atoms with Gasteiger partial charge < -0.3 is 4.90 Å². The SMILES string of the molecule is O=C(CN1C(=O)CN=C(c2ccccc2)c2ccccc21)c1ccc2ccccc2c1. The maximum Gasteiger partial charge on any atom is 0.249 e. The number of fused-ring (bicyclic) bond motifs is 2. The van der Waals surface area contributed by atoms with Crippen molar-refractivity contribution < 1.29 is 9.59 Å². The van der Waals surface area contributed by atoms with Crippen LogP contribution in [-0.4, -0.2) is 30.5 Å². The Kier molecular flexibility index (Phi) is 4.89. The molecule has 4 nitrogen and oxygen atoms in total. The highest BCUT2D eigenvalue weighted by atomic mass is 16.2. The topological polar surface area (TPSA) is 49.7 Å². The summed E-state index contributed by atoms with van der Waals surface area (Å²) in [6.07, 6.45) is 0. The largest absolute Gasteiger partial charge is 0.302 e. The van der Waals surface area contributed by atoms with Gasteiger partial charge >= 0.3 is 0 Å². The number of carbonyl (C=O) groups is 2. The Balaban J connectivity index is 1.51. The molecule has 0 saturated heterocycles. The summed E-state index contributed by atoms with van der Waals surface area (Å²) in [4.78, 5) is 32.3. The van der Waals surface area contributed by atoms with E-state index in [1.807, 2.05) is 97.1 Å². The van der Waals surface area contributed by atoms with E-state index in [-0.39, 0.29) is 24.8 Å². The Hall–Kier alpha value is -4.05. The van der Waals surface area contributed by atoms with Crippen LogP contribution in [0.2, 0.25) is 0 Å². The van der Waals surface area contributed by atoms with Gasteiger partial charge in [-0.3, -0.25) is 14.6 Å². The van der Waals surface area contributed by atoms with Gasteiger partial charge in [0.1, 0.15) is 6.54 Å². The molecule has 1 amide bonds. The van der Waals surface area contributed by atoms with Crippen molar-refractivity contribution in [1.82, 2.24) is 0 Å². The highest BCUT2D eigenvalue weighted by Crippen LogP contribution is 2.27. The zero-order valence-electron chi connectivity index (χ0n) is 16.9. The molecule has 1 heterocycles. The summed E-state index contributed by atoms with van der Waals surface area (Å²) in [6, 6.07) is 31.0. The van der Waals surface area contributed by atoms with E-state index in [1.54, 1.807) is 4.90 Å². The van der Waals surface area contributed by atoms with E-state index in [0.717, 1.165) is 27.6 Å². The Morgan fingerprint density at radius 2 is 1.52 bits per heavy atom. The van der Waals surface area contributed by atoms with Crippen molar-refractivity contribution in [2.24, 2.45) is 4.99 Å². The Morgan fingerprint density at radius 3 is 2.35 bits per heavy atom. The van der Waals surface area contributed by atoms with Crippen molar-refractivity contribution in [3.63, 3.8) is 0 Å². The molecule has 0 aromatic heterocycles. The smallest absolute Gasteiger partial charge is 0.249 e. The van der Waals surface area contributed by atoms with Gasteiger partial charge in [-0.1, -0.05) is 84.9 Å². The molecule has 0 aliphatic carbocycles. The van der Waals surface area contributed by atoms with E-state index >= 15 is 0 Å². The number of Topliss-reactive ketones (excluding diaryl/α,β-unsaturated/α-hetero) is 1. The first-order valence-electron chi connectivity index (χ1n) is 10.2. The molecule has 1 aliphatic heterocycles. The van der Waals surface area contributed by atoms with Crippen LogP contribution in [0, 0.1) is 0 Å². The van der Waals surface area contributed by atoms with Crippen molar-refractivity contribution in [2.45, 2.75) is 0 Å². The van der Waals surface area contributed by atoms with E-state index < -0.39 is 0 Å². The van der Waals surface area contributed by atoms with Gasteiger partial charge in [0, 0.05) is 16.7 Å². The fourth-order valence-electron chi connectivity index (χ4n) is 3.97. The summed E-state index contributed by atoms with van der Waals surface area (Å²) < 4.78 is 0. The zero-order chi connectivity index (χ0) is 21.2. The molecule has 150 valence electrons. The Bertz CT molecular complexity index is 1330. The number of amides is 1. The second-order valence-corrected chi connectivity index (χ2v) is 7.51. The van der Waals surface area contributed by atoms with Crippen LogP contribution in [0.5, 0.6) is 0 Å². The average Bonchev–Trinajstić information content (AvgIpc) is 2.96. The number of benzene rings is 4. The summed E-state index contributed by atoms with van der Waals surface area (Å²) in [5.74, 6) is -0.287. The second-order valence-electron chi connectivity index (χ2n) is 7.51. The normalized spacial score (nSPS) is 13.5. The number of benzodiazepines with no additional fused rings is 1. The van der Waals surface area contributed by atoms with Crippen molar-refractivity contribution in [3.8, 4) is 0 Å². The van der Waals surface area contributed by atoms with Crippen molar-refractivity contribution in [1.29, 1.82) is 0 Å². The van der Waals surface area contributed by atoms with Crippen LogP contribution >= 0.6 is 0 Å². The molecule has 4 aromatic rings. The maximum absolute atomic E-state index is 13.1. The molecule has 1 aliphatic rings. The lowest BCUT2D eigenvalue weighted by atomic mass is 10.00. The lowest BCUT2D eigenvalue weighted by Crippen LogP contribution is -2.37. The minimum absolute atomic E-state index is 0.00388. The number of hydrogen-bond donors (Lipinski definition) is 0. The molecule has 5 rings (SSSR count). The van der Waals surface area contributed by atoms with Crippen molar-refractivity contribution in [3.05, 3.63) is 114 Å². The van der Waals surface area contributed by atoms with Crippen LogP contribution in [0.3, 0.4) is 0 Å². The number of ketones is 1. The summed E-state index contributed by atoms with van der Waals surface area (Å²) >= 11 is 0. The Morgan fingerprint density at radius 1 is 0.806 bits per heavy atom. The molecule has 0 N–H and O–H groups in total. The third-order valence-corrected chi connectivity index (χ3v) is 5.54. The van der Waals surface area contributed by atoms with Gasteiger partial charge in [0.15, 0.2) is 5.78 Å². The van der Waals surface area contributed by atoms with Crippen molar-refractivity contribution in [2.75, 3.05) is 18.0 Å². The molecule has 0 spiro atoms. The molecule has 4 heteroatoms. The molecular weight excluding hydrogens is 384 g/mol. The highest BCUT2D eigenvalue weighted by molar-refractivity contribution is 6.20. The first-order chi connectivity index (χ1) is 15.2. The van der Waals surface area contributed by atoms with Crippen LogP contribution in [0.25, 0.3) is 10.8 Å². The quantitative estimate of drug-likeness (QED) is 0.454. The van der Waals surface area contributed by atoms with E-state index in [1.165, 1.54) is 0 Å². The van der Waals surface area contributed by atoms with Gasteiger partial charge in [-0.25, -0.2) is 0 Å². The van der Waals surface area contributed by atoms with Gasteiger partial charge in [0.05, 0.1) is 17.9 Å². The van der Waals surface area contributed by atoms with Gasteiger partial charge in [0.25, 0.3) is 0 Å². The van der Waals surface area contributed by atoms with Crippen LogP contribution < -0.4 is 4.90 Å². The lowest BCUT2D eigenvalue weighted by Gasteiger charge is -2.22. The second kappa shape index (κ2) is 8.00. The van der Waals surface area contributed by atoms with Crippen molar-refractivity contribution >= 4 is 33.9 Å². The molecule has 4 aromatic carbocycles. The number of para-hydroxylation sites is 1. The molecule has 0 radical (unpaired) electrons. The Labute approximate surface area is 180 Å². The van der Waals surface area contributed by atoms with Gasteiger partial charge in [-0.2, -0.15) is 0 Å². The molecule has 0 fully saturated rings. The summed E-state index contributed by atoms with van der Waals surface area (Å²) in [7, 11) is 0. The van der Waals surface area contributed by atoms with Crippen LogP contribution in [0.4, 0.5) is 5.69 Å². The average molecular weight is 404 g/mol. The van der Waals surface area contributed by atoms with Gasteiger partial charge in [0.2, 0.25) is 5.91 Å². The molecule has 0 unspecified atom stereocenters. The van der Waals surface area contributed by atoms with E-state index in [4.69, 9.17) is 0 Å². The number of rotatable bonds is 4. The van der Waals surface area contributed by atoms with Crippen LogP contribution in [0.15, 0.2) is 102 Å².